The van der Waals surface area contributed by atoms with E-state index in [2.05, 4.69) is 36.1 Å². The summed E-state index contributed by atoms with van der Waals surface area (Å²) in [6.45, 7) is 0. The van der Waals surface area contributed by atoms with Crippen molar-refractivity contribution >= 4 is 51.4 Å². The van der Waals surface area contributed by atoms with Gasteiger partial charge in [-0.25, -0.2) is 5.10 Å². The fourth-order valence-corrected chi connectivity index (χ4v) is 0.510. The number of tetrazole rings is 2. The molecule has 0 radical (unpaired) electrons. The second kappa shape index (κ2) is 3.97. The fourth-order valence-electron chi connectivity index (χ4n) is 0.510. The zero-order chi connectivity index (χ0) is 6.81. The van der Waals surface area contributed by atoms with Gasteiger partial charge in [0, 0.05) is 0 Å². The molecule has 8 nitrogen and oxygen atoms in total. The standard InChI is InChI=1S/C2H2N8.K.H/c1-3-6-9-10(1)2-4-7-8-5-2;;/h1H,(H,4,5,7,8);;. The predicted octanol–water partition coefficient (Wildman–Crippen LogP) is -2.47. The van der Waals surface area contributed by atoms with Gasteiger partial charge in [0.05, 0.1) is 0 Å². The van der Waals surface area contributed by atoms with E-state index in [9.17, 15) is 0 Å². The molecule has 2 aromatic heterocycles. The largest absolute Gasteiger partial charge is 0.270 e. The van der Waals surface area contributed by atoms with Gasteiger partial charge < -0.3 is 0 Å². The van der Waals surface area contributed by atoms with Crippen LogP contribution in [-0.4, -0.2) is 92.2 Å². The molecule has 52 valence electrons. The Balaban J connectivity index is 0.000000605. The molecule has 0 unspecified atom stereocenters. The monoisotopic (exact) mass is 178 g/mol. The normalized spacial score (nSPS) is 9.09. The van der Waals surface area contributed by atoms with Crippen molar-refractivity contribution in [3.8, 4) is 5.95 Å². The van der Waals surface area contributed by atoms with Gasteiger partial charge in [0.1, 0.15) is 6.33 Å². The molecule has 0 saturated carbocycles. The molecule has 9 heteroatoms. The van der Waals surface area contributed by atoms with Crippen molar-refractivity contribution in [2.24, 2.45) is 0 Å². The third kappa shape index (κ3) is 1.87. The third-order valence-corrected chi connectivity index (χ3v) is 0.900. The van der Waals surface area contributed by atoms with E-state index in [1.165, 1.54) is 11.0 Å². The smallest absolute Gasteiger partial charge is 0.223 e. The second-order valence-electron chi connectivity index (χ2n) is 1.48. The number of hydrogen-bond acceptors (Lipinski definition) is 6. The summed E-state index contributed by atoms with van der Waals surface area (Å²) in [4.78, 5) is 0. The molecule has 2 heterocycles. The number of H-pyrrole nitrogens is 1. The molecule has 0 saturated heterocycles. The van der Waals surface area contributed by atoms with Crippen molar-refractivity contribution in [1.82, 2.24) is 40.8 Å². The van der Waals surface area contributed by atoms with Crippen LogP contribution in [0, 0.1) is 0 Å². The molecule has 0 atom stereocenters. The Morgan fingerprint density at radius 2 is 2.27 bits per heavy atom. The van der Waals surface area contributed by atoms with Gasteiger partial charge in [-0.3, -0.25) is 0 Å². The number of nitrogens with zero attached hydrogens (tertiary/aromatic N) is 7. The first kappa shape index (κ1) is 8.87. The minimum Gasteiger partial charge on any atom is -0.223 e. The summed E-state index contributed by atoms with van der Waals surface area (Å²) in [6, 6.07) is 0. The van der Waals surface area contributed by atoms with E-state index >= 15 is 0 Å². The maximum Gasteiger partial charge on any atom is 0.270 e. The van der Waals surface area contributed by atoms with Crippen LogP contribution in [0.15, 0.2) is 6.33 Å². The topological polar surface area (TPSA) is 98.1 Å². The number of nitrogens with one attached hydrogen (secondary N) is 1. The van der Waals surface area contributed by atoms with E-state index in [0.717, 1.165) is 0 Å². The van der Waals surface area contributed by atoms with Crippen LogP contribution in [0.3, 0.4) is 0 Å². The SMILES string of the molecule is [KH].c1nnnn1-c1nnn[nH]1. The number of aromatic nitrogens is 8. The van der Waals surface area contributed by atoms with Gasteiger partial charge >= 0.3 is 51.4 Å². The number of rotatable bonds is 1. The minimum atomic E-state index is 0. The van der Waals surface area contributed by atoms with Gasteiger partial charge in [-0.15, -0.1) is 5.10 Å². The van der Waals surface area contributed by atoms with Crippen molar-refractivity contribution < 1.29 is 0 Å². The molecule has 1 N–H and O–H groups in total. The molecule has 0 aliphatic carbocycles. The quantitative estimate of drug-likeness (QED) is 0.486. The van der Waals surface area contributed by atoms with Gasteiger partial charge in [0.15, 0.2) is 0 Å². The number of hydrogen-bond donors (Lipinski definition) is 1. The zero-order valence-electron chi connectivity index (χ0n) is 4.71. The summed E-state index contributed by atoms with van der Waals surface area (Å²) in [7, 11) is 0. The molecule has 0 aliphatic rings. The fraction of sp³-hybridized carbons (Fsp3) is 0. The molecule has 0 aromatic carbocycles. The van der Waals surface area contributed by atoms with Crippen molar-refractivity contribution in [3.63, 3.8) is 0 Å². The third-order valence-electron chi connectivity index (χ3n) is 0.900. The van der Waals surface area contributed by atoms with E-state index in [0.29, 0.717) is 5.95 Å². The van der Waals surface area contributed by atoms with Crippen LogP contribution < -0.4 is 0 Å². The average molecular weight is 178 g/mol. The Morgan fingerprint density at radius 1 is 1.36 bits per heavy atom. The average Bonchev–Trinajstić information content (AvgIpc) is 2.59. The molecule has 2 rings (SSSR count). The molecule has 11 heavy (non-hydrogen) atoms. The molecule has 0 bridgehead atoms. The van der Waals surface area contributed by atoms with Crippen LogP contribution in [0.2, 0.25) is 0 Å². The first-order valence-electron chi connectivity index (χ1n) is 2.44. The Morgan fingerprint density at radius 3 is 2.82 bits per heavy atom. The van der Waals surface area contributed by atoms with E-state index in [1.54, 1.807) is 0 Å². The number of aromatic amines is 1. The van der Waals surface area contributed by atoms with E-state index < -0.39 is 0 Å². The van der Waals surface area contributed by atoms with Gasteiger partial charge in [0.2, 0.25) is 0 Å². The Kier molecular flexibility index (Phi) is 3.20. The van der Waals surface area contributed by atoms with Crippen LogP contribution >= 0.6 is 0 Å². The van der Waals surface area contributed by atoms with Gasteiger partial charge in [0.25, 0.3) is 5.95 Å². The molecule has 2 aromatic rings. The Hall–Kier alpha value is -0.224. The predicted molar refractivity (Wildman–Crippen MR) is 34.0 cm³/mol. The first-order valence-corrected chi connectivity index (χ1v) is 2.44. The molecule has 0 amide bonds. The van der Waals surface area contributed by atoms with Crippen LogP contribution in [0.1, 0.15) is 0 Å². The Bertz CT molecular complexity index is 252. The van der Waals surface area contributed by atoms with Crippen LogP contribution in [0.4, 0.5) is 0 Å². The molecular formula is C2H3KN8. The molecule has 0 aliphatic heterocycles. The van der Waals surface area contributed by atoms with Crippen molar-refractivity contribution in [2.45, 2.75) is 0 Å². The zero-order valence-corrected chi connectivity index (χ0v) is 4.71. The first-order chi connectivity index (χ1) is 4.97. The second-order valence-corrected chi connectivity index (χ2v) is 1.48. The van der Waals surface area contributed by atoms with E-state index in [-0.39, 0.29) is 51.4 Å². The maximum atomic E-state index is 3.56. The van der Waals surface area contributed by atoms with Gasteiger partial charge in [-0.05, 0) is 20.9 Å². The summed E-state index contributed by atoms with van der Waals surface area (Å²) in [5.41, 5.74) is 0. The van der Waals surface area contributed by atoms with Crippen LogP contribution in [0.5, 0.6) is 0 Å². The molecule has 0 spiro atoms. The summed E-state index contributed by atoms with van der Waals surface area (Å²) >= 11 is 0. The van der Waals surface area contributed by atoms with Crippen molar-refractivity contribution in [1.29, 1.82) is 0 Å². The van der Waals surface area contributed by atoms with Gasteiger partial charge in [-0.1, -0.05) is 5.10 Å². The summed E-state index contributed by atoms with van der Waals surface area (Å²) in [6.07, 6.45) is 1.39. The van der Waals surface area contributed by atoms with E-state index in [4.69, 9.17) is 0 Å². The summed E-state index contributed by atoms with van der Waals surface area (Å²) < 4.78 is 1.32. The van der Waals surface area contributed by atoms with Crippen LogP contribution in [0.25, 0.3) is 5.95 Å². The molecular weight excluding hydrogens is 175 g/mol. The summed E-state index contributed by atoms with van der Waals surface area (Å²) in [5, 5.41) is 23.1. The van der Waals surface area contributed by atoms with Crippen LogP contribution in [-0.2, 0) is 0 Å². The molecule has 0 fully saturated rings. The van der Waals surface area contributed by atoms with E-state index in [1.807, 2.05) is 0 Å². The minimum absolute atomic E-state index is 0. The van der Waals surface area contributed by atoms with Crippen molar-refractivity contribution in [3.05, 3.63) is 6.33 Å². The Labute approximate surface area is 103 Å². The van der Waals surface area contributed by atoms with Gasteiger partial charge in [-0.2, -0.15) is 4.68 Å². The van der Waals surface area contributed by atoms with Crippen molar-refractivity contribution in [2.75, 3.05) is 0 Å². The maximum absolute atomic E-state index is 3.56. The summed E-state index contributed by atoms with van der Waals surface area (Å²) in [5.74, 6) is 0.394.